The van der Waals surface area contributed by atoms with E-state index in [1.54, 1.807) is 12.1 Å². The van der Waals surface area contributed by atoms with Crippen LogP contribution in [0.25, 0.3) is 0 Å². The van der Waals surface area contributed by atoms with E-state index in [4.69, 9.17) is 23.2 Å². The van der Waals surface area contributed by atoms with Crippen LogP contribution in [0.3, 0.4) is 0 Å². The van der Waals surface area contributed by atoms with Crippen LogP contribution in [0.15, 0.2) is 12.1 Å². The van der Waals surface area contributed by atoms with Crippen molar-refractivity contribution in [1.82, 2.24) is 10.2 Å². The molecule has 1 aromatic rings. The second kappa shape index (κ2) is 9.47. The summed E-state index contributed by atoms with van der Waals surface area (Å²) in [5.74, 6) is 0.394. The first-order chi connectivity index (χ1) is 11.5. The molecule has 3 N–H and O–H groups in total. The fourth-order valence-corrected chi connectivity index (χ4v) is 3.35. The van der Waals surface area contributed by atoms with Gasteiger partial charge in [0.25, 0.3) is 0 Å². The third kappa shape index (κ3) is 5.52. The lowest BCUT2D eigenvalue weighted by Gasteiger charge is -2.31. The molecule has 134 valence electrons. The number of rotatable bonds is 6. The first-order valence-electron chi connectivity index (χ1n) is 8.34. The molecule has 1 heterocycles. The molecule has 1 atom stereocenters. The molecule has 2 rings (SSSR count). The summed E-state index contributed by atoms with van der Waals surface area (Å²) in [6, 6.07) is 3.14. The van der Waals surface area contributed by atoms with E-state index in [1.807, 2.05) is 6.92 Å². The summed E-state index contributed by atoms with van der Waals surface area (Å²) < 4.78 is 0. The second-order valence-corrected chi connectivity index (χ2v) is 7.04. The molecule has 1 saturated heterocycles. The summed E-state index contributed by atoms with van der Waals surface area (Å²) in [5, 5.41) is 15.9. The molecule has 1 fully saturated rings. The number of carbonyl (C=O) groups excluding carboxylic acids is 1. The third-order valence-electron chi connectivity index (χ3n) is 4.37. The van der Waals surface area contributed by atoms with E-state index < -0.39 is 0 Å². The Bertz CT molecular complexity index is 569. The molecule has 0 bridgehead atoms. The molecule has 7 heteroatoms. The maximum atomic E-state index is 11.9. The Balaban J connectivity index is 1.69. The van der Waals surface area contributed by atoms with E-state index in [2.05, 4.69) is 15.5 Å². The summed E-state index contributed by atoms with van der Waals surface area (Å²) in [6.45, 7) is 5.61. The van der Waals surface area contributed by atoms with Crippen molar-refractivity contribution in [3.05, 3.63) is 27.7 Å². The highest BCUT2D eigenvalue weighted by atomic mass is 35.5. The zero-order chi connectivity index (χ0) is 17.5. The molecular weight excluding hydrogens is 349 g/mol. The van der Waals surface area contributed by atoms with Gasteiger partial charge in [-0.3, -0.25) is 0 Å². The number of nitrogens with one attached hydrogen (secondary N) is 2. The predicted molar refractivity (Wildman–Crippen MR) is 99.1 cm³/mol. The summed E-state index contributed by atoms with van der Waals surface area (Å²) in [5.41, 5.74) is 1.30. The van der Waals surface area contributed by atoms with Crippen LogP contribution in [0.2, 0.25) is 10.0 Å². The zero-order valence-corrected chi connectivity index (χ0v) is 15.5. The number of urea groups is 1. The van der Waals surface area contributed by atoms with E-state index in [-0.39, 0.29) is 12.6 Å². The lowest BCUT2D eigenvalue weighted by atomic mass is 9.99. The van der Waals surface area contributed by atoms with Crippen molar-refractivity contribution in [2.45, 2.75) is 26.2 Å². The molecule has 0 radical (unpaired) electrons. The average molecular weight is 374 g/mol. The number of aliphatic hydroxyl groups excluding tert-OH is 1. The van der Waals surface area contributed by atoms with Gasteiger partial charge >= 0.3 is 6.03 Å². The number of likely N-dealkylation sites (tertiary alicyclic amines) is 1. The Morgan fingerprint density at radius 3 is 2.96 bits per heavy atom. The Labute approximate surface area is 153 Å². The van der Waals surface area contributed by atoms with Gasteiger partial charge in [-0.05, 0) is 62.9 Å². The first-order valence-corrected chi connectivity index (χ1v) is 9.09. The molecule has 0 saturated carbocycles. The van der Waals surface area contributed by atoms with Crippen molar-refractivity contribution in [2.24, 2.45) is 5.92 Å². The van der Waals surface area contributed by atoms with Crippen LogP contribution in [0.5, 0.6) is 0 Å². The summed E-state index contributed by atoms with van der Waals surface area (Å²) >= 11 is 12.2. The average Bonchev–Trinajstić information content (AvgIpc) is 2.59. The van der Waals surface area contributed by atoms with E-state index in [0.717, 1.165) is 44.5 Å². The largest absolute Gasteiger partial charge is 0.396 e. The van der Waals surface area contributed by atoms with Gasteiger partial charge < -0.3 is 20.6 Å². The van der Waals surface area contributed by atoms with E-state index >= 15 is 0 Å². The number of piperidine rings is 1. The minimum absolute atomic E-state index is 0.262. The maximum absolute atomic E-state index is 11.9. The Hall–Kier alpha value is -1.01. The number of benzene rings is 1. The van der Waals surface area contributed by atoms with E-state index in [0.29, 0.717) is 28.2 Å². The zero-order valence-electron chi connectivity index (χ0n) is 13.9. The van der Waals surface area contributed by atoms with E-state index in [9.17, 15) is 9.90 Å². The van der Waals surface area contributed by atoms with Gasteiger partial charge in [0, 0.05) is 24.7 Å². The van der Waals surface area contributed by atoms with E-state index in [1.165, 1.54) is 0 Å². The molecule has 1 aliphatic heterocycles. The number of hydrogen-bond acceptors (Lipinski definition) is 3. The summed E-state index contributed by atoms with van der Waals surface area (Å²) in [6.07, 6.45) is 3.11. The van der Waals surface area contributed by atoms with Crippen molar-refractivity contribution in [2.75, 3.05) is 38.1 Å². The van der Waals surface area contributed by atoms with Crippen molar-refractivity contribution >= 4 is 34.9 Å². The van der Waals surface area contributed by atoms with Crippen LogP contribution in [0, 0.1) is 12.8 Å². The molecule has 0 spiro atoms. The number of anilines is 1. The van der Waals surface area contributed by atoms with Crippen LogP contribution >= 0.6 is 23.2 Å². The fraction of sp³-hybridized carbons (Fsp3) is 0.588. The molecule has 0 aliphatic carbocycles. The van der Waals surface area contributed by atoms with Gasteiger partial charge in [-0.1, -0.05) is 23.2 Å². The lowest BCUT2D eigenvalue weighted by molar-refractivity contribution is 0.120. The fourth-order valence-electron chi connectivity index (χ4n) is 2.93. The number of nitrogens with zero attached hydrogens (tertiary/aromatic N) is 1. The molecule has 2 amide bonds. The van der Waals surface area contributed by atoms with Crippen molar-refractivity contribution in [1.29, 1.82) is 0 Å². The summed E-state index contributed by atoms with van der Waals surface area (Å²) in [4.78, 5) is 14.3. The molecule has 24 heavy (non-hydrogen) atoms. The normalized spacial score (nSPS) is 18.4. The lowest BCUT2D eigenvalue weighted by Crippen LogP contribution is -2.38. The molecule has 5 nitrogen and oxygen atoms in total. The van der Waals surface area contributed by atoms with Gasteiger partial charge in [-0.15, -0.1) is 0 Å². The monoisotopic (exact) mass is 373 g/mol. The molecular formula is C17H25Cl2N3O2. The second-order valence-electron chi connectivity index (χ2n) is 6.26. The van der Waals surface area contributed by atoms with Crippen molar-refractivity contribution in [3.63, 3.8) is 0 Å². The quantitative estimate of drug-likeness (QED) is 0.668. The molecule has 0 unspecified atom stereocenters. The molecule has 1 aromatic carbocycles. The van der Waals surface area contributed by atoms with Gasteiger partial charge in [-0.2, -0.15) is 0 Å². The minimum Gasteiger partial charge on any atom is -0.396 e. The van der Waals surface area contributed by atoms with Crippen LogP contribution in [-0.4, -0.2) is 48.8 Å². The van der Waals surface area contributed by atoms with Crippen LogP contribution < -0.4 is 10.6 Å². The standard InChI is InChI=1S/C17H25Cl2N3O2/c1-12-14(18)5-6-15(16(12)19)21-17(24)20-7-3-9-22-8-2-4-13(10-22)11-23/h5-6,13,23H,2-4,7-11H2,1H3,(H2,20,21,24)/t13-/m1/s1. The van der Waals surface area contributed by atoms with Crippen molar-refractivity contribution < 1.29 is 9.90 Å². The van der Waals surface area contributed by atoms with Crippen LogP contribution in [0.1, 0.15) is 24.8 Å². The Kier molecular flexibility index (Phi) is 7.62. The number of carbonyl (C=O) groups is 1. The molecule has 0 aromatic heterocycles. The van der Waals surface area contributed by atoms with Crippen LogP contribution in [-0.2, 0) is 0 Å². The molecule has 1 aliphatic rings. The van der Waals surface area contributed by atoms with Gasteiger partial charge in [0.05, 0.1) is 10.7 Å². The summed E-state index contributed by atoms with van der Waals surface area (Å²) in [7, 11) is 0. The SMILES string of the molecule is Cc1c(Cl)ccc(NC(=O)NCCCN2CCC[C@@H](CO)C2)c1Cl. The number of halogens is 2. The van der Waals surface area contributed by atoms with Gasteiger partial charge in [0.15, 0.2) is 0 Å². The highest BCUT2D eigenvalue weighted by molar-refractivity contribution is 6.38. The van der Waals surface area contributed by atoms with Crippen LogP contribution in [0.4, 0.5) is 10.5 Å². The maximum Gasteiger partial charge on any atom is 0.319 e. The number of aliphatic hydroxyl groups is 1. The number of amides is 2. The van der Waals surface area contributed by atoms with Gasteiger partial charge in [0.2, 0.25) is 0 Å². The third-order valence-corrected chi connectivity index (χ3v) is 5.26. The van der Waals surface area contributed by atoms with Gasteiger partial charge in [0.1, 0.15) is 0 Å². The van der Waals surface area contributed by atoms with Crippen molar-refractivity contribution in [3.8, 4) is 0 Å². The highest BCUT2D eigenvalue weighted by Gasteiger charge is 2.18. The smallest absolute Gasteiger partial charge is 0.319 e. The highest BCUT2D eigenvalue weighted by Crippen LogP contribution is 2.30. The predicted octanol–water partition coefficient (Wildman–Crippen LogP) is 3.52. The Morgan fingerprint density at radius 1 is 1.42 bits per heavy atom. The Morgan fingerprint density at radius 2 is 2.21 bits per heavy atom. The first kappa shape index (κ1) is 19.3. The van der Waals surface area contributed by atoms with Gasteiger partial charge in [-0.25, -0.2) is 4.79 Å². The number of hydrogen-bond donors (Lipinski definition) is 3. The topological polar surface area (TPSA) is 64.6 Å². The minimum atomic E-state index is -0.273.